The minimum Gasteiger partial charge on any atom is -0.443 e. The number of carbonyl (C=O) groups is 2. The number of rotatable bonds is 3. The fourth-order valence-electron chi connectivity index (χ4n) is 1.69. The van der Waals surface area contributed by atoms with Gasteiger partial charge >= 0.3 is 6.09 Å². The Kier molecular flexibility index (Phi) is 4.70. The van der Waals surface area contributed by atoms with Crippen LogP contribution in [0, 0.1) is 6.92 Å². The maximum atomic E-state index is 12.3. The summed E-state index contributed by atoms with van der Waals surface area (Å²) in [5.41, 5.74) is 1.01. The van der Waals surface area contributed by atoms with Gasteiger partial charge < -0.3 is 9.53 Å². The predicted octanol–water partition coefficient (Wildman–Crippen LogP) is 3.32. The molecule has 1 aromatic carbocycles. The number of hydrogen-bond donors (Lipinski definition) is 0. The van der Waals surface area contributed by atoms with Gasteiger partial charge in [0.2, 0.25) is 0 Å². The van der Waals surface area contributed by atoms with E-state index < -0.39 is 17.7 Å². The molecule has 19 heavy (non-hydrogen) atoms. The van der Waals surface area contributed by atoms with E-state index in [0.717, 1.165) is 11.8 Å². The highest BCUT2D eigenvalue weighted by molar-refractivity contribution is 5.93. The predicted molar refractivity (Wildman–Crippen MR) is 75.4 cm³/mol. The summed E-state index contributed by atoms with van der Waals surface area (Å²) in [4.78, 5) is 24.7. The molecular weight excluding hydrogens is 242 g/mol. The number of nitrogens with zero attached hydrogens (tertiary/aromatic N) is 1. The molecule has 1 atom stereocenters. The number of hydrogen-bond acceptors (Lipinski definition) is 3. The number of amides is 1. The van der Waals surface area contributed by atoms with Crippen molar-refractivity contribution in [1.82, 2.24) is 0 Å². The average molecular weight is 263 g/mol. The van der Waals surface area contributed by atoms with Crippen molar-refractivity contribution in [1.29, 1.82) is 0 Å². The van der Waals surface area contributed by atoms with Gasteiger partial charge in [0.1, 0.15) is 11.9 Å². The van der Waals surface area contributed by atoms with Crippen molar-refractivity contribution >= 4 is 18.1 Å². The van der Waals surface area contributed by atoms with E-state index in [1.807, 2.05) is 25.1 Å². The van der Waals surface area contributed by atoms with Crippen molar-refractivity contribution in [2.45, 2.75) is 46.3 Å². The van der Waals surface area contributed by atoms with Crippen LogP contribution >= 0.6 is 0 Å². The van der Waals surface area contributed by atoms with Gasteiger partial charge in [-0.25, -0.2) is 4.79 Å². The summed E-state index contributed by atoms with van der Waals surface area (Å²) in [6.07, 6.45) is 0.220. The molecule has 0 bridgehead atoms. The van der Waals surface area contributed by atoms with E-state index in [1.165, 1.54) is 4.90 Å². The number of ether oxygens (including phenoxy) is 1. The Morgan fingerprint density at radius 2 is 1.89 bits per heavy atom. The van der Waals surface area contributed by atoms with Crippen LogP contribution in [0.3, 0.4) is 0 Å². The van der Waals surface area contributed by atoms with Gasteiger partial charge in [0.25, 0.3) is 0 Å². The fraction of sp³-hybridized carbons (Fsp3) is 0.467. The summed E-state index contributed by atoms with van der Waals surface area (Å²) >= 11 is 0. The Balaban J connectivity index is 3.13. The van der Waals surface area contributed by atoms with Crippen LogP contribution in [-0.2, 0) is 9.53 Å². The number of aryl methyl sites for hydroxylation is 1. The molecule has 1 aromatic rings. The second-order valence-corrected chi connectivity index (χ2v) is 5.51. The highest BCUT2D eigenvalue weighted by Gasteiger charge is 2.27. The van der Waals surface area contributed by atoms with E-state index in [-0.39, 0.29) is 0 Å². The quantitative estimate of drug-likeness (QED) is 0.786. The molecule has 0 saturated carbocycles. The third-order valence-electron chi connectivity index (χ3n) is 2.57. The SMILES string of the molecule is Cc1ccccc1N(C(=O)OC(C)(C)C)C(C)C=O. The van der Waals surface area contributed by atoms with Gasteiger partial charge in [-0.05, 0) is 46.2 Å². The number of benzene rings is 1. The molecule has 0 aliphatic rings. The summed E-state index contributed by atoms with van der Waals surface area (Å²) in [5, 5.41) is 0. The smallest absolute Gasteiger partial charge is 0.415 e. The van der Waals surface area contributed by atoms with Crippen molar-refractivity contribution in [3.8, 4) is 0 Å². The maximum absolute atomic E-state index is 12.3. The fourth-order valence-corrected chi connectivity index (χ4v) is 1.69. The summed E-state index contributed by atoms with van der Waals surface area (Å²) in [6, 6.07) is 6.84. The normalized spacial score (nSPS) is 12.7. The minimum absolute atomic E-state index is 0.513. The van der Waals surface area contributed by atoms with Crippen molar-refractivity contribution in [2.75, 3.05) is 4.90 Å². The first-order valence-corrected chi connectivity index (χ1v) is 6.29. The molecule has 0 aromatic heterocycles. The summed E-state index contributed by atoms with van der Waals surface area (Å²) < 4.78 is 5.36. The summed E-state index contributed by atoms with van der Waals surface area (Å²) in [7, 11) is 0. The molecule has 0 heterocycles. The molecule has 1 rings (SSSR count). The maximum Gasteiger partial charge on any atom is 0.415 e. The van der Waals surface area contributed by atoms with E-state index in [4.69, 9.17) is 4.74 Å². The Labute approximate surface area is 114 Å². The second kappa shape index (κ2) is 5.87. The van der Waals surface area contributed by atoms with E-state index >= 15 is 0 Å². The Morgan fingerprint density at radius 3 is 2.37 bits per heavy atom. The van der Waals surface area contributed by atoms with Crippen molar-refractivity contribution in [3.05, 3.63) is 29.8 Å². The molecule has 4 heteroatoms. The second-order valence-electron chi connectivity index (χ2n) is 5.51. The van der Waals surface area contributed by atoms with Gasteiger partial charge in [-0.1, -0.05) is 18.2 Å². The van der Waals surface area contributed by atoms with E-state index in [1.54, 1.807) is 33.8 Å². The van der Waals surface area contributed by atoms with E-state index in [9.17, 15) is 9.59 Å². The van der Waals surface area contributed by atoms with Crippen molar-refractivity contribution in [2.24, 2.45) is 0 Å². The van der Waals surface area contributed by atoms with E-state index in [2.05, 4.69) is 0 Å². The van der Waals surface area contributed by atoms with Gasteiger partial charge in [0, 0.05) is 0 Å². The molecule has 0 saturated heterocycles. The molecule has 4 nitrogen and oxygen atoms in total. The molecule has 1 amide bonds. The van der Waals surface area contributed by atoms with Crippen LogP contribution in [-0.4, -0.2) is 24.0 Å². The lowest BCUT2D eigenvalue weighted by molar-refractivity contribution is -0.108. The third kappa shape index (κ3) is 4.09. The van der Waals surface area contributed by atoms with Gasteiger partial charge in [-0.15, -0.1) is 0 Å². The first kappa shape index (κ1) is 15.2. The number of carbonyl (C=O) groups excluding carboxylic acids is 2. The zero-order chi connectivity index (χ0) is 14.6. The van der Waals surface area contributed by atoms with Gasteiger partial charge in [0.15, 0.2) is 0 Å². The highest BCUT2D eigenvalue weighted by Crippen LogP contribution is 2.23. The monoisotopic (exact) mass is 263 g/mol. The molecule has 0 aliphatic heterocycles. The Morgan fingerprint density at radius 1 is 1.32 bits per heavy atom. The summed E-state index contributed by atoms with van der Waals surface area (Å²) in [6.45, 7) is 8.96. The molecule has 0 fully saturated rings. The standard InChI is InChI=1S/C15H21NO3/c1-11-8-6-7-9-13(11)16(12(2)10-17)14(18)19-15(3,4)5/h6-10,12H,1-5H3. The first-order valence-electron chi connectivity index (χ1n) is 6.29. The molecule has 0 spiro atoms. The van der Waals surface area contributed by atoms with Gasteiger partial charge in [-0.2, -0.15) is 0 Å². The number of para-hydroxylation sites is 1. The largest absolute Gasteiger partial charge is 0.443 e. The third-order valence-corrected chi connectivity index (χ3v) is 2.57. The summed E-state index contributed by atoms with van der Waals surface area (Å²) in [5.74, 6) is 0. The van der Waals surface area contributed by atoms with Crippen LogP contribution < -0.4 is 4.90 Å². The van der Waals surface area contributed by atoms with Crippen LogP contribution in [0.4, 0.5) is 10.5 Å². The van der Waals surface area contributed by atoms with Crippen molar-refractivity contribution < 1.29 is 14.3 Å². The van der Waals surface area contributed by atoms with Crippen LogP contribution in [0.1, 0.15) is 33.3 Å². The zero-order valence-corrected chi connectivity index (χ0v) is 12.1. The lowest BCUT2D eigenvalue weighted by Crippen LogP contribution is -2.43. The molecule has 1 unspecified atom stereocenters. The first-order chi connectivity index (χ1) is 8.76. The van der Waals surface area contributed by atoms with Gasteiger partial charge in [0.05, 0.1) is 11.7 Å². The van der Waals surface area contributed by atoms with E-state index in [0.29, 0.717) is 5.69 Å². The van der Waals surface area contributed by atoms with Crippen LogP contribution in [0.5, 0.6) is 0 Å². The molecule has 0 aliphatic carbocycles. The van der Waals surface area contributed by atoms with Crippen molar-refractivity contribution in [3.63, 3.8) is 0 Å². The minimum atomic E-state index is -0.597. The lowest BCUT2D eigenvalue weighted by atomic mass is 10.1. The highest BCUT2D eigenvalue weighted by atomic mass is 16.6. The molecular formula is C15H21NO3. The zero-order valence-electron chi connectivity index (χ0n) is 12.1. The van der Waals surface area contributed by atoms with Crippen LogP contribution in [0.25, 0.3) is 0 Å². The molecule has 0 N–H and O–H groups in total. The number of anilines is 1. The number of aldehydes is 1. The average Bonchev–Trinajstić information content (AvgIpc) is 2.29. The Bertz CT molecular complexity index is 463. The molecule has 0 radical (unpaired) electrons. The van der Waals surface area contributed by atoms with Crippen LogP contribution in [0.2, 0.25) is 0 Å². The topological polar surface area (TPSA) is 46.6 Å². The molecule has 104 valence electrons. The van der Waals surface area contributed by atoms with Gasteiger partial charge in [-0.3, -0.25) is 4.90 Å². The Hall–Kier alpha value is -1.84. The lowest BCUT2D eigenvalue weighted by Gasteiger charge is -2.30. The van der Waals surface area contributed by atoms with Crippen LogP contribution in [0.15, 0.2) is 24.3 Å².